The molecule has 2 N–H and O–H groups in total. The summed E-state index contributed by atoms with van der Waals surface area (Å²) >= 11 is 0. The third-order valence-electron chi connectivity index (χ3n) is 3.31. The quantitative estimate of drug-likeness (QED) is 0.694. The summed E-state index contributed by atoms with van der Waals surface area (Å²) in [5, 5.41) is 0. The summed E-state index contributed by atoms with van der Waals surface area (Å²) in [6.07, 6.45) is -0.152. The van der Waals surface area contributed by atoms with E-state index < -0.39 is 7.32 Å². The van der Waals surface area contributed by atoms with Crippen LogP contribution in [0, 0.1) is 5.82 Å². The molecular weight excluding hydrogens is 272 g/mol. The van der Waals surface area contributed by atoms with Gasteiger partial charge in [-0.05, 0) is 23.8 Å². The van der Waals surface area contributed by atoms with E-state index in [-0.39, 0.29) is 18.5 Å². The molecule has 2 aromatic rings. The molecule has 3 rings (SSSR count). The summed E-state index contributed by atoms with van der Waals surface area (Å²) in [4.78, 5) is 0. The second-order valence-electron chi connectivity index (χ2n) is 4.81. The van der Waals surface area contributed by atoms with Crippen LogP contribution in [-0.4, -0.2) is 13.9 Å². The fourth-order valence-corrected chi connectivity index (χ4v) is 2.17. The lowest BCUT2D eigenvalue weighted by molar-refractivity contribution is 0.153. The van der Waals surface area contributed by atoms with Gasteiger partial charge in [0.2, 0.25) is 0 Å². The minimum Gasteiger partial charge on any atom is -0.398 e. The van der Waals surface area contributed by atoms with Crippen LogP contribution in [0.4, 0.5) is 10.1 Å². The van der Waals surface area contributed by atoms with Crippen molar-refractivity contribution in [2.45, 2.75) is 12.7 Å². The molecule has 0 spiro atoms. The van der Waals surface area contributed by atoms with Gasteiger partial charge in [-0.15, -0.1) is 0 Å². The minimum atomic E-state index is -0.766. The Morgan fingerprint density at radius 3 is 2.86 bits per heavy atom. The maximum Gasteiger partial charge on any atom is 0.640 e. The molecule has 1 aliphatic rings. The van der Waals surface area contributed by atoms with E-state index in [1.165, 1.54) is 18.2 Å². The highest BCUT2D eigenvalue weighted by Gasteiger charge is 2.34. The van der Waals surface area contributed by atoms with Gasteiger partial charge >= 0.3 is 7.32 Å². The highest BCUT2D eigenvalue weighted by Crippen LogP contribution is 2.25. The first kappa shape index (κ1) is 14.1. The fourth-order valence-electron chi connectivity index (χ4n) is 2.17. The number of hydrogen-bond acceptors (Lipinski definition) is 4. The van der Waals surface area contributed by atoms with Gasteiger partial charge < -0.3 is 19.7 Å². The lowest BCUT2D eigenvalue weighted by Gasteiger charge is -2.10. The molecule has 0 aromatic heterocycles. The first-order valence-electron chi connectivity index (χ1n) is 6.70. The van der Waals surface area contributed by atoms with Crippen molar-refractivity contribution in [2.75, 3.05) is 12.3 Å². The van der Waals surface area contributed by atoms with E-state index in [1.54, 1.807) is 0 Å². The van der Waals surface area contributed by atoms with Crippen LogP contribution >= 0.6 is 0 Å². The molecule has 0 radical (unpaired) electrons. The molecule has 1 aliphatic heterocycles. The molecule has 0 saturated carbocycles. The molecule has 4 nitrogen and oxygen atoms in total. The number of nitrogen functional groups attached to an aromatic ring is 1. The van der Waals surface area contributed by atoms with Crippen molar-refractivity contribution >= 4 is 13.0 Å². The summed E-state index contributed by atoms with van der Waals surface area (Å²) in [6.45, 7) is 0.559. The Bertz CT molecular complexity index is 611. The normalized spacial score (nSPS) is 18.1. The van der Waals surface area contributed by atoms with Gasteiger partial charge in [-0.3, -0.25) is 0 Å². The van der Waals surface area contributed by atoms with Crippen molar-refractivity contribution in [2.24, 2.45) is 0 Å². The minimum absolute atomic E-state index is 0.135. The van der Waals surface area contributed by atoms with Crippen LogP contribution in [0.3, 0.4) is 0 Å². The Kier molecular flexibility index (Phi) is 4.19. The Labute approximate surface area is 122 Å². The van der Waals surface area contributed by atoms with Crippen LogP contribution in [0.25, 0.3) is 0 Å². The first-order chi connectivity index (χ1) is 10.2. The van der Waals surface area contributed by atoms with Gasteiger partial charge in [-0.1, -0.05) is 30.3 Å². The molecule has 0 bridgehead atoms. The molecule has 108 valence electrons. The van der Waals surface area contributed by atoms with Crippen molar-refractivity contribution in [1.29, 1.82) is 0 Å². The van der Waals surface area contributed by atoms with Gasteiger partial charge in [0.15, 0.2) is 0 Å². The predicted molar refractivity (Wildman–Crippen MR) is 77.6 cm³/mol. The summed E-state index contributed by atoms with van der Waals surface area (Å²) in [7, 11) is -0.766. The molecule has 0 amide bonds. The van der Waals surface area contributed by atoms with Gasteiger partial charge in [0, 0.05) is 11.3 Å². The van der Waals surface area contributed by atoms with Crippen molar-refractivity contribution in [3.63, 3.8) is 0 Å². The number of nitrogens with two attached hydrogens (primary N) is 1. The Morgan fingerprint density at radius 1 is 1.24 bits per heavy atom. The third kappa shape index (κ3) is 3.42. The number of rotatable bonds is 4. The van der Waals surface area contributed by atoms with Crippen LogP contribution in [0.15, 0.2) is 48.5 Å². The zero-order chi connectivity index (χ0) is 14.7. The largest absolute Gasteiger partial charge is 0.640 e. The van der Waals surface area contributed by atoms with Gasteiger partial charge in [-0.25, -0.2) is 4.39 Å². The lowest BCUT2D eigenvalue weighted by Crippen LogP contribution is -2.20. The second-order valence-corrected chi connectivity index (χ2v) is 4.81. The molecule has 0 aliphatic carbocycles. The van der Waals surface area contributed by atoms with Crippen molar-refractivity contribution in [1.82, 2.24) is 0 Å². The molecule has 1 unspecified atom stereocenters. The summed E-state index contributed by atoms with van der Waals surface area (Å²) in [6, 6.07) is 13.9. The summed E-state index contributed by atoms with van der Waals surface area (Å²) in [5.41, 5.74) is 7.86. The molecule has 1 fully saturated rings. The maximum absolute atomic E-state index is 13.2. The lowest BCUT2D eigenvalue weighted by atomic mass is 10.1. The first-order valence-corrected chi connectivity index (χ1v) is 6.70. The van der Waals surface area contributed by atoms with Gasteiger partial charge in [0.1, 0.15) is 5.82 Å². The number of benzene rings is 2. The van der Waals surface area contributed by atoms with Crippen LogP contribution < -0.4 is 5.73 Å². The topological polar surface area (TPSA) is 53.7 Å². The zero-order valence-corrected chi connectivity index (χ0v) is 11.4. The number of anilines is 1. The molecule has 2 aromatic carbocycles. The summed E-state index contributed by atoms with van der Waals surface area (Å²) in [5.74, 6) is -0.349. The average molecular weight is 287 g/mol. The SMILES string of the molecule is Nc1ccc(F)cc1COB1OCC(c2ccccc2)O1. The standard InChI is InChI=1S/C15H15BFNO3/c17-13-6-7-14(18)12(8-13)9-19-16-20-10-15(21-16)11-4-2-1-3-5-11/h1-8,15H,9-10,18H2. The van der Waals surface area contributed by atoms with Crippen LogP contribution in [0.2, 0.25) is 0 Å². The van der Waals surface area contributed by atoms with Gasteiger partial charge in [0.05, 0.1) is 19.3 Å². The molecule has 1 saturated heterocycles. The Balaban J connectivity index is 1.57. The fraction of sp³-hybridized carbons (Fsp3) is 0.200. The zero-order valence-electron chi connectivity index (χ0n) is 11.4. The van der Waals surface area contributed by atoms with E-state index in [0.29, 0.717) is 17.9 Å². The second kappa shape index (κ2) is 6.26. The van der Waals surface area contributed by atoms with Gasteiger partial charge in [-0.2, -0.15) is 0 Å². The third-order valence-corrected chi connectivity index (χ3v) is 3.31. The van der Waals surface area contributed by atoms with Crippen molar-refractivity contribution in [3.8, 4) is 0 Å². The molecular formula is C15H15BFNO3. The number of hydrogen-bond donors (Lipinski definition) is 1. The van der Waals surface area contributed by atoms with E-state index in [1.807, 2.05) is 30.3 Å². The Hall–Kier alpha value is -1.89. The van der Waals surface area contributed by atoms with E-state index in [2.05, 4.69) is 0 Å². The monoisotopic (exact) mass is 287 g/mol. The summed E-state index contributed by atoms with van der Waals surface area (Å²) < 4.78 is 29.7. The van der Waals surface area contributed by atoms with E-state index in [9.17, 15) is 4.39 Å². The molecule has 21 heavy (non-hydrogen) atoms. The molecule has 6 heteroatoms. The van der Waals surface area contributed by atoms with Gasteiger partial charge in [0.25, 0.3) is 0 Å². The molecule has 1 heterocycles. The predicted octanol–water partition coefficient (Wildman–Crippen LogP) is 2.70. The number of halogens is 1. The maximum atomic E-state index is 13.2. The average Bonchev–Trinajstić information content (AvgIpc) is 2.98. The van der Waals surface area contributed by atoms with E-state index in [0.717, 1.165) is 5.56 Å². The van der Waals surface area contributed by atoms with Crippen molar-refractivity contribution < 1.29 is 18.4 Å². The molecule has 1 atom stereocenters. The van der Waals surface area contributed by atoms with E-state index >= 15 is 0 Å². The Morgan fingerprint density at radius 2 is 2.05 bits per heavy atom. The van der Waals surface area contributed by atoms with Crippen LogP contribution in [-0.2, 0) is 20.6 Å². The van der Waals surface area contributed by atoms with Crippen molar-refractivity contribution in [3.05, 3.63) is 65.5 Å². The highest BCUT2D eigenvalue weighted by atomic mass is 19.1. The van der Waals surface area contributed by atoms with Crippen LogP contribution in [0.1, 0.15) is 17.2 Å². The highest BCUT2D eigenvalue weighted by molar-refractivity contribution is 6.37. The van der Waals surface area contributed by atoms with E-state index in [4.69, 9.17) is 19.7 Å². The smallest absolute Gasteiger partial charge is 0.398 e. The van der Waals surface area contributed by atoms with Crippen LogP contribution in [0.5, 0.6) is 0 Å².